The number of halogens is 2. The van der Waals surface area contributed by atoms with E-state index in [1.165, 1.54) is 0 Å². The van der Waals surface area contributed by atoms with E-state index in [2.05, 4.69) is 56.1 Å². The van der Waals surface area contributed by atoms with E-state index in [0.29, 0.717) is 13.2 Å². The van der Waals surface area contributed by atoms with Gasteiger partial charge < -0.3 is 4.74 Å². The Morgan fingerprint density at radius 2 is 1.14 bits per heavy atom. The van der Waals surface area contributed by atoms with Crippen LogP contribution in [0, 0.1) is 0 Å². The van der Waals surface area contributed by atoms with E-state index in [9.17, 15) is 0 Å². The van der Waals surface area contributed by atoms with Gasteiger partial charge in [0, 0.05) is 8.95 Å². The van der Waals surface area contributed by atoms with Crippen molar-refractivity contribution in [3.05, 3.63) is 80.8 Å². The van der Waals surface area contributed by atoms with Gasteiger partial charge in [-0.2, -0.15) is 0 Å². The van der Waals surface area contributed by atoms with Crippen LogP contribution in [-0.4, -0.2) is 13.2 Å². The summed E-state index contributed by atoms with van der Waals surface area (Å²) < 4.78 is 7.74. The van der Waals surface area contributed by atoms with Gasteiger partial charge in [0.05, 0.1) is 13.2 Å². The first-order chi connectivity index (χ1) is 10.3. The maximum Gasteiger partial charge on any atom is 0.0655 e. The molecule has 0 fully saturated rings. The predicted octanol–water partition coefficient (Wildman–Crippen LogP) is 5.95. The standard InChI is InChI=1S/C18H16Br2O/c19-17-11-3-1-7-15(17)9-5-13-21-14-6-10-16-8-2-4-12-18(16)20/h1-12H,13-14H2. The number of hydrogen-bond acceptors (Lipinski definition) is 1. The molecule has 0 aromatic heterocycles. The molecule has 0 heterocycles. The van der Waals surface area contributed by atoms with Crippen molar-refractivity contribution in [2.45, 2.75) is 0 Å². The molecule has 2 aromatic carbocycles. The third kappa shape index (κ3) is 5.62. The van der Waals surface area contributed by atoms with Gasteiger partial charge in [0.15, 0.2) is 0 Å². The van der Waals surface area contributed by atoms with Gasteiger partial charge in [0.2, 0.25) is 0 Å². The molecule has 1 nitrogen and oxygen atoms in total. The molecule has 0 atom stereocenters. The maximum absolute atomic E-state index is 5.55. The highest BCUT2D eigenvalue weighted by Gasteiger charge is 1.93. The highest BCUT2D eigenvalue weighted by Crippen LogP contribution is 2.17. The van der Waals surface area contributed by atoms with Gasteiger partial charge in [-0.05, 0) is 23.3 Å². The van der Waals surface area contributed by atoms with Crippen molar-refractivity contribution >= 4 is 44.0 Å². The Morgan fingerprint density at radius 3 is 1.57 bits per heavy atom. The van der Waals surface area contributed by atoms with E-state index >= 15 is 0 Å². The van der Waals surface area contributed by atoms with E-state index in [1.807, 2.05) is 48.6 Å². The lowest BCUT2D eigenvalue weighted by Crippen LogP contribution is -1.90. The SMILES string of the molecule is Brc1ccccc1C=CCOCC=Cc1ccccc1Br. The average molecular weight is 408 g/mol. The van der Waals surface area contributed by atoms with Crippen LogP contribution >= 0.6 is 31.9 Å². The summed E-state index contributed by atoms with van der Waals surface area (Å²) in [5, 5.41) is 0. The van der Waals surface area contributed by atoms with Gasteiger partial charge >= 0.3 is 0 Å². The lowest BCUT2D eigenvalue weighted by Gasteiger charge is -1.99. The zero-order chi connectivity index (χ0) is 14.9. The summed E-state index contributed by atoms with van der Waals surface area (Å²) in [7, 11) is 0. The maximum atomic E-state index is 5.55. The summed E-state index contributed by atoms with van der Waals surface area (Å²) in [6.45, 7) is 1.20. The zero-order valence-electron chi connectivity index (χ0n) is 11.5. The fourth-order valence-corrected chi connectivity index (χ4v) is 2.61. The molecule has 0 aliphatic rings. The lowest BCUT2D eigenvalue weighted by atomic mass is 10.2. The van der Waals surface area contributed by atoms with Crippen LogP contribution in [0.5, 0.6) is 0 Å². The minimum absolute atomic E-state index is 0.599. The number of benzene rings is 2. The highest BCUT2D eigenvalue weighted by atomic mass is 79.9. The minimum atomic E-state index is 0.599. The highest BCUT2D eigenvalue weighted by molar-refractivity contribution is 9.10. The Balaban J connectivity index is 1.73. The fourth-order valence-electron chi connectivity index (χ4n) is 1.77. The summed E-state index contributed by atoms with van der Waals surface area (Å²) in [6, 6.07) is 16.2. The van der Waals surface area contributed by atoms with Crippen molar-refractivity contribution in [2.75, 3.05) is 13.2 Å². The zero-order valence-corrected chi connectivity index (χ0v) is 14.7. The van der Waals surface area contributed by atoms with E-state index < -0.39 is 0 Å². The van der Waals surface area contributed by atoms with E-state index in [0.717, 1.165) is 20.1 Å². The number of rotatable bonds is 6. The van der Waals surface area contributed by atoms with Crippen LogP contribution in [0.3, 0.4) is 0 Å². The van der Waals surface area contributed by atoms with Gasteiger partial charge in [0.25, 0.3) is 0 Å². The van der Waals surface area contributed by atoms with Crippen LogP contribution in [0.2, 0.25) is 0 Å². The second kappa shape index (κ2) is 8.98. The molecule has 0 radical (unpaired) electrons. The van der Waals surface area contributed by atoms with Crippen LogP contribution < -0.4 is 0 Å². The monoisotopic (exact) mass is 406 g/mol. The van der Waals surface area contributed by atoms with Crippen molar-refractivity contribution in [3.8, 4) is 0 Å². The molecule has 0 saturated heterocycles. The molecule has 0 spiro atoms. The van der Waals surface area contributed by atoms with Crippen molar-refractivity contribution in [1.29, 1.82) is 0 Å². The topological polar surface area (TPSA) is 9.23 Å². The number of hydrogen-bond donors (Lipinski definition) is 0. The molecule has 3 heteroatoms. The smallest absolute Gasteiger partial charge is 0.0655 e. The molecule has 0 amide bonds. The quantitative estimate of drug-likeness (QED) is 0.537. The van der Waals surface area contributed by atoms with Gasteiger partial charge in [0.1, 0.15) is 0 Å². The van der Waals surface area contributed by atoms with Crippen molar-refractivity contribution < 1.29 is 4.74 Å². The van der Waals surface area contributed by atoms with Crippen LogP contribution in [0.15, 0.2) is 69.6 Å². The molecule has 0 saturated carbocycles. The largest absolute Gasteiger partial charge is 0.373 e. The molecule has 2 aromatic rings. The second-order valence-corrected chi connectivity index (χ2v) is 6.09. The first-order valence-corrected chi connectivity index (χ1v) is 8.26. The lowest BCUT2D eigenvalue weighted by molar-refractivity contribution is 0.195. The van der Waals surface area contributed by atoms with Gasteiger partial charge in [-0.1, -0.05) is 92.6 Å². The van der Waals surface area contributed by atoms with Crippen LogP contribution in [0.1, 0.15) is 11.1 Å². The molecular weight excluding hydrogens is 392 g/mol. The molecule has 0 N–H and O–H groups in total. The Bertz CT molecular complexity index is 577. The molecule has 0 aliphatic carbocycles. The van der Waals surface area contributed by atoms with E-state index in [4.69, 9.17) is 4.74 Å². The second-order valence-electron chi connectivity index (χ2n) is 4.39. The normalized spacial score (nSPS) is 11.5. The Hall–Kier alpha value is -1.16. The first-order valence-electron chi connectivity index (χ1n) is 6.67. The Morgan fingerprint density at radius 1 is 0.714 bits per heavy atom. The summed E-state index contributed by atoms with van der Waals surface area (Å²) in [4.78, 5) is 0. The van der Waals surface area contributed by atoms with Crippen molar-refractivity contribution in [3.63, 3.8) is 0 Å². The average Bonchev–Trinajstić information content (AvgIpc) is 2.50. The minimum Gasteiger partial charge on any atom is -0.373 e. The molecule has 2 rings (SSSR count). The molecule has 0 aliphatic heterocycles. The third-order valence-electron chi connectivity index (χ3n) is 2.83. The Labute approximate surface area is 142 Å². The molecular formula is C18H16Br2O. The molecule has 0 unspecified atom stereocenters. The van der Waals surface area contributed by atoms with Crippen molar-refractivity contribution in [1.82, 2.24) is 0 Å². The van der Waals surface area contributed by atoms with Gasteiger partial charge in [-0.15, -0.1) is 0 Å². The first kappa shape index (κ1) is 16.2. The summed E-state index contributed by atoms with van der Waals surface area (Å²) >= 11 is 7.03. The fraction of sp³-hybridized carbons (Fsp3) is 0.111. The number of ether oxygens (including phenoxy) is 1. The van der Waals surface area contributed by atoms with E-state index in [1.54, 1.807) is 0 Å². The summed E-state index contributed by atoms with van der Waals surface area (Å²) in [6.07, 6.45) is 8.15. The third-order valence-corrected chi connectivity index (χ3v) is 4.28. The van der Waals surface area contributed by atoms with E-state index in [-0.39, 0.29) is 0 Å². The molecule has 0 bridgehead atoms. The van der Waals surface area contributed by atoms with Crippen LogP contribution in [0.4, 0.5) is 0 Å². The summed E-state index contributed by atoms with van der Waals surface area (Å²) in [5.41, 5.74) is 2.31. The molecule has 21 heavy (non-hydrogen) atoms. The van der Waals surface area contributed by atoms with Gasteiger partial charge in [-0.3, -0.25) is 0 Å². The summed E-state index contributed by atoms with van der Waals surface area (Å²) in [5.74, 6) is 0. The van der Waals surface area contributed by atoms with Crippen LogP contribution in [-0.2, 0) is 4.74 Å². The van der Waals surface area contributed by atoms with Crippen molar-refractivity contribution in [2.24, 2.45) is 0 Å². The Kier molecular flexibility index (Phi) is 6.93. The predicted molar refractivity (Wildman–Crippen MR) is 97.2 cm³/mol. The molecule has 108 valence electrons. The van der Waals surface area contributed by atoms with Crippen LogP contribution in [0.25, 0.3) is 12.2 Å². The van der Waals surface area contributed by atoms with Gasteiger partial charge in [-0.25, -0.2) is 0 Å².